The molecule has 8 nitrogen and oxygen atoms in total. The Balaban J connectivity index is 1.51. The van der Waals surface area contributed by atoms with Crippen molar-refractivity contribution in [1.29, 1.82) is 0 Å². The number of aryl methyl sites for hydroxylation is 1. The maximum absolute atomic E-state index is 13.0. The minimum Gasteiger partial charge on any atom is -0.340 e. The maximum Gasteiger partial charge on any atom is 0.246 e. The average Bonchev–Trinajstić information content (AvgIpc) is 3.53. The lowest BCUT2D eigenvalue weighted by Crippen LogP contribution is -2.51. The van der Waals surface area contributed by atoms with E-state index in [1.165, 1.54) is 10.5 Å². The van der Waals surface area contributed by atoms with Gasteiger partial charge in [0.25, 0.3) is 0 Å². The average molecular weight is 387 g/mol. The van der Waals surface area contributed by atoms with Crippen molar-refractivity contribution in [2.45, 2.75) is 24.7 Å². The first-order chi connectivity index (χ1) is 13.0. The van der Waals surface area contributed by atoms with Crippen LogP contribution in [0.3, 0.4) is 0 Å². The molecule has 2 aliphatic rings. The normalized spacial score (nSPS) is 18.5. The van der Waals surface area contributed by atoms with E-state index in [1.807, 2.05) is 6.07 Å². The molecule has 0 N–H and O–H groups in total. The Morgan fingerprint density at radius 1 is 1.11 bits per heavy atom. The summed E-state index contributed by atoms with van der Waals surface area (Å²) in [4.78, 5) is 26.8. The predicted molar refractivity (Wildman–Crippen MR) is 98.1 cm³/mol. The third-order valence-electron chi connectivity index (χ3n) is 4.92. The highest BCUT2D eigenvalue weighted by atomic mass is 32.2. The van der Waals surface area contributed by atoms with Crippen LogP contribution in [0.25, 0.3) is 11.5 Å². The quantitative estimate of drug-likeness (QED) is 0.779. The Morgan fingerprint density at radius 3 is 2.44 bits per heavy atom. The molecule has 3 heterocycles. The third kappa shape index (κ3) is 3.57. The molecule has 2 aromatic rings. The van der Waals surface area contributed by atoms with Crippen molar-refractivity contribution in [3.63, 3.8) is 0 Å². The van der Waals surface area contributed by atoms with Crippen molar-refractivity contribution in [2.75, 3.05) is 26.2 Å². The summed E-state index contributed by atoms with van der Waals surface area (Å²) in [6, 6.07) is 5.40. The van der Waals surface area contributed by atoms with Crippen molar-refractivity contribution in [3.8, 4) is 11.5 Å². The van der Waals surface area contributed by atoms with Gasteiger partial charge in [0.2, 0.25) is 15.9 Å². The standard InChI is InChI=1S/C18H21N5O3S/c1-13-16(12-20-17(21-13)15-4-2-3-7-19-15)27(25,26)23-10-8-22(9-11-23)18(24)14-5-6-14/h2-4,7,12,14H,5-6,8-11H2,1H3. The number of sulfonamides is 1. The summed E-state index contributed by atoms with van der Waals surface area (Å²) in [5.41, 5.74) is 0.985. The molecule has 1 saturated carbocycles. The van der Waals surface area contributed by atoms with Crippen molar-refractivity contribution in [1.82, 2.24) is 24.2 Å². The molecular weight excluding hydrogens is 366 g/mol. The molecule has 4 rings (SSSR count). The Labute approximate surface area is 158 Å². The Kier molecular flexibility index (Phi) is 4.65. The third-order valence-corrected chi connectivity index (χ3v) is 6.92. The van der Waals surface area contributed by atoms with Gasteiger partial charge < -0.3 is 4.90 Å². The van der Waals surface area contributed by atoms with E-state index in [0.29, 0.717) is 43.4 Å². The van der Waals surface area contributed by atoms with Crippen LogP contribution >= 0.6 is 0 Å². The number of carbonyl (C=O) groups excluding carboxylic acids is 1. The largest absolute Gasteiger partial charge is 0.340 e. The molecule has 1 aliphatic heterocycles. The lowest BCUT2D eigenvalue weighted by atomic mass is 10.3. The maximum atomic E-state index is 13.0. The van der Waals surface area contributed by atoms with Crippen LogP contribution in [-0.2, 0) is 14.8 Å². The van der Waals surface area contributed by atoms with Crippen molar-refractivity contribution in [2.24, 2.45) is 5.92 Å². The molecule has 9 heteroatoms. The van der Waals surface area contributed by atoms with E-state index in [9.17, 15) is 13.2 Å². The second-order valence-corrected chi connectivity index (χ2v) is 8.77. The number of rotatable bonds is 4. The van der Waals surface area contributed by atoms with Crippen LogP contribution in [0.4, 0.5) is 0 Å². The molecule has 2 fully saturated rings. The zero-order valence-electron chi connectivity index (χ0n) is 15.1. The minimum absolute atomic E-state index is 0.101. The van der Waals surface area contributed by atoms with Gasteiger partial charge in [-0.05, 0) is 31.9 Å². The fourth-order valence-corrected chi connectivity index (χ4v) is 4.73. The number of carbonyl (C=O) groups is 1. The van der Waals surface area contributed by atoms with E-state index in [0.717, 1.165) is 12.8 Å². The number of nitrogens with zero attached hydrogens (tertiary/aromatic N) is 5. The van der Waals surface area contributed by atoms with E-state index in [-0.39, 0.29) is 16.7 Å². The SMILES string of the molecule is Cc1nc(-c2ccccn2)ncc1S(=O)(=O)N1CCN(C(=O)C2CC2)CC1. The Morgan fingerprint density at radius 2 is 1.85 bits per heavy atom. The number of piperazine rings is 1. The zero-order chi connectivity index (χ0) is 19.0. The van der Waals surface area contributed by atoms with Gasteiger partial charge in [0.15, 0.2) is 5.82 Å². The fourth-order valence-electron chi connectivity index (χ4n) is 3.20. The van der Waals surface area contributed by atoms with Crippen molar-refractivity contribution in [3.05, 3.63) is 36.3 Å². The molecule has 0 unspecified atom stereocenters. The monoisotopic (exact) mass is 387 g/mol. The molecule has 142 valence electrons. The van der Waals surface area contributed by atoms with E-state index in [4.69, 9.17) is 0 Å². The van der Waals surface area contributed by atoms with E-state index in [2.05, 4.69) is 15.0 Å². The van der Waals surface area contributed by atoms with Gasteiger partial charge in [-0.3, -0.25) is 9.78 Å². The minimum atomic E-state index is -3.70. The summed E-state index contributed by atoms with van der Waals surface area (Å²) in [5, 5.41) is 0. The topological polar surface area (TPSA) is 96.4 Å². The van der Waals surface area contributed by atoms with Gasteiger partial charge >= 0.3 is 0 Å². The summed E-state index contributed by atoms with van der Waals surface area (Å²) in [6.07, 6.45) is 4.90. The zero-order valence-corrected chi connectivity index (χ0v) is 15.9. The van der Waals surface area contributed by atoms with Gasteiger partial charge in [0.05, 0.1) is 11.9 Å². The molecule has 2 aromatic heterocycles. The number of hydrogen-bond acceptors (Lipinski definition) is 6. The highest BCUT2D eigenvalue weighted by molar-refractivity contribution is 7.89. The Bertz CT molecular complexity index is 952. The van der Waals surface area contributed by atoms with Crippen LogP contribution in [0.5, 0.6) is 0 Å². The van der Waals surface area contributed by atoms with Crippen LogP contribution in [0.2, 0.25) is 0 Å². The smallest absolute Gasteiger partial charge is 0.246 e. The summed E-state index contributed by atoms with van der Waals surface area (Å²) in [6.45, 7) is 3.11. The van der Waals surface area contributed by atoms with Gasteiger partial charge in [-0.15, -0.1) is 0 Å². The molecule has 0 spiro atoms. The highest BCUT2D eigenvalue weighted by Crippen LogP contribution is 2.31. The van der Waals surface area contributed by atoms with E-state index in [1.54, 1.807) is 30.2 Å². The van der Waals surface area contributed by atoms with Gasteiger partial charge in [-0.25, -0.2) is 18.4 Å². The second-order valence-electron chi connectivity index (χ2n) is 6.86. The molecule has 1 amide bonds. The molecule has 27 heavy (non-hydrogen) atoms. The van der Waals surface area contributed by atoms with Gasteiger partial charge in [0, 0.05) is 38.3 Å². The highest BCUT2D eigenvalue weighted by Gasteiger charge is 2.37. The van der Waals surface area contributed by atoms with Crippen molar-refractivity contribution < 1.29 is 13.2 Å². The second kappa shape index (κ2) is 6.97. The number of pyridine rings is 1. The predicted octanol–water partition coefficient (Wildman–Crippen LogP) is 1.09. The Hall–Kier alpha value is -2.39. The van der Waals surface area contributed by atoms with Gasteiger partial charge in [-0.1, -0.05) is 6.07 Å². The molecular formula is C18H21N5O3S. The summed E-state index contributed by atoms with van der Waals surface area (Å²) < 4.78 is 27.4. The van der Waals surface area contributed by atoms with E-state index >= 15 is 0 Å². The fraction of sp³-hybridized carbons (Fsp3) is 0.444. The summed E-state index contributed by atoms with van der Waals surface area (Å²) in [7, 11) is -3.70. The number of amides is 1. The number of hydrogen-bond donors (Lipinski definition) is 0. The first kappa shape index (κ1) is 18.0. The van der Waals surface area contributed by atoms with E-state index < -0.39 is 10.0 Å². The lowest BCUT2D eigenvalue weighted by Gasteiger charge is -2.34. The molecule has 0 radical (unpaired) electrons. The lowest BCUT2D eigenvalue weighted by molar-refractivity contribution is -0.133. The molecule has 1 aliphatic carbocycles. The molecule has 0 bridgehead atoms. The van der Waals surface area contributed by atoms with Crippen LogP contribution < -0.4 is 0 Å². The first-order valence-corrected chi connectivity index (χ1v) is 10.4. The van der Waals surface area contributed by atoms with Crippen LogP contribution in [0, 0.1) is 12.8 Å². The van der Waals surface area contributed by atoms with Crippen LogP contribution in [-0.4, -0.2) is 64.7 Å². The molecule has 0 aromatic carbocycles. The van der Waals surface area contributed by atoms with Gasteiger partial charge in [0.1, 0.15) is 10.6 Å². The number of aromatic nitrogens is 3. The van der Waals surface area contributed by atoms with Crippen molar-refractivity contribution >= 4 is 15.9 Å². The first-order valence-electron chi connectivity index (χ1n) is 9.01. The summed E-state index contributed by atoms with van der Waals surface area (Å²) >= 11 is 0. The van der Waals surface area contributed by atoms with Crippen LogP contribution in [0.15, 0.2) is 35.5 Å². The van der Waals surface area contributed by atoms with Gasteiger partial charge in [-0.2, -0.15) is 4.31 Å². The van der Waals surface area contributed by atoms with Crippen LogP contribution in [0.1, 0.15) is 18.5 Å². The molecule has 0 atom stereocenters. The molecule has 1 saturated heterocycles. The summed E-state index contributed by atoms with van der Waals surface area (Å²) in [5.74, 6) is 0.709.